The third-order valence-electron chi connectivity index (χ3n) is 2.37. The standard InChI is InChI=1S/C13H19ClN2O/c1-5-6-7-8-17-13-10(4)11(14)15-12(16-13)9(2)3/h5,9H,1,6-8H2,2-4H3. The number of ether oxygens (including phenoxy) is 1. The molecule has 1 aromatic heterocycles. The minimum Gasteiger partial charge on any atom is -0.477 e. The summed E-state index contributed by atoms with van der Waals surface area (Å²) in [6.45, 7) is 10.2. The topological polar surface area (TPSA) is 35.0 Å². The Morgan fingerprint density at radius 3 is 2.71 bits per heavy atom. The summed E-state index contributed by atoms with van der Waals surface area (Å²) in [4.78, 5) is 8.62. The van der Waals surface area contributed by atoms with Gasteiger partial charge < -0.3 is 4.74 Å². The summed E-state index contributed by atoms with van der Waals surface area (Å²) in [7, 11) is 0. The molecule has 1 aromatic rings. The molecule has 0 aliphatic heterocycles. The van der Waals surface area contributed by atoms with Gasteiger partial charge in [0.05, 0.1) is 6.61 Å². The van der Waals surface area contributed by atoms with Crippen molar-refractivity contribution < 1.29 is 4.74 Å². The maximum Gasteiger partial charge on any atom is 0.221 e. The van der Waals surface area contributed by atoms with Crippen LogP contribution in [-0.4, -0.2) is 16.6 Å². The second-order valence-electron chi connectivity index (χ2n) is 4.24. The predicted molar refractivity (Wildman–Crippen MR) is 70.8 cm³/mol. The predicted octanol–water partition coefficient (Wildman–Crippen LogP) is 3.91. The molecular formula is C13H19ClN2O. The molecule has 0 N–H and O–H groups in total. The molecule has 94 valence electrons. The van der Waals surface area contributed by atoms with Crippen LogP contribution in [0.25, 0.3) is 0 Å². The first-order valence-electron chi connectivity index (χ1n) is 5.84. The van der Waals surface area contributed by atoms with Gasteiger partial charge in [-0.3, -0.25) is 0 Å². The summed E-state index contributed by atoms with van der Waals surface area (Å²) in [5.41, 5.74) is 0.801. The third kappa shape index (κ3) is 4.00. The summed E-state index contributed by atoms with van der Waals surface area (Å²) < 4.78 is 5.63. The van der Waals surface area contributed by atoms with Crippen molar-refractivity contribution in [2.24, 2.45) is 0 Å². The van der Waals surface area contributed by atoms with Crippen LogP contribution in [-0.2, 0) is 0 Å². The van der Waals surface area contributed by atoms with Gasteiger partial charge in [-0.05, 0) is 19.8 Å². The summed E-state index contributed by atoms with van der Waals surface area (Å²) >= 11 is 6.06. The lowest BCUT2D eigenvalue weighted by Gasteiger charge is -2.11. The van der Waals surface area contributed by atoms with E-state index < -0.39 is 0 Å². The lowest BCUT2D eigenvalue weighted by Crippen LogP contribution is -2.06. The van der Waals surface area contributed by atoms with E-state index in [0.29, 0.717) is 17.6 Å². The molecule has 0 radical (unpaired) electrons. The zero-order valence-electron chi connectivity index (χ0n) is 10.7. The van der Waals surface area contributed by atoms with E-state index in [-0.39, 0.29) is 5.92 Å². The van der Waals surface area contributed by atoms with Crippen molar-refractivity contribution in [3.05, 3.63) is 29.2 Å². The molecule has 0 spiro atoms. The minimum absolute atomic E-state index is 0.239. The van der Waals surface area contributed by atoms with Crippen LogP contribution < -0.4 is 4.74 Å². The molecule has 0 aliphatic carbocycles. The molecule has 17 heavy (non-hydrogen) atoms. The van der Waals surface area contributed by atoms with Gasteiger partial charge in [-0.25, -0.2) is 4.98 Å². The highest BCUT2D eigenvalue weighted by molar-refractivity contribution is 6.30. The molecule has 3 nitrogen and oxygen atoms in total. The molecule has 1 heterocycles. The molecule has 0 aliphatic rings. The van der Waals surface area contributed by atoms with Crippen LogP contribution in [0.5, 0.6) is 5.88 Å². The van der Waals surface area contributed by atoms with Crippen molar-refractivity contribution in [1.29, 1.82) is 0 Å². The van der Waals surface area contributed by atoms with Crippen molar-refractivity contribution in [3.63, 3.8) is 0 Å². The van der Waals surface area contributed by atoms with Crippen molar-refractivity contribution in [1.82, 2.24) is 9.97 Å². The summed E-state index contributed by atoms with van der Waals surface area (Å²) in [6.07, 6.45) is 3.75. The van der Waals surface area contributed by atoms with Gasteiger partial charge in [-0.2, -0.15) is 4.98 Å². The minimum atomic E-state index is 0.239. The highest BCUT2D eigenvalue weighted by Crippen LogP contribution is 2.24. The Kier molecular flexibility index (Phi) is 5.42. The van der Waals surface area contributed by atoms with Gasteiger partial charge in [0.2, 0.25) is 5.88 Å². The number of hydrogen-bond acceptors (Lipinski definition) is 3. The number of nitrogens with zero attached hydrogens (tertiary/aromatic N) is 2. The molecule has 0 aromatic carbocycles. The number of unbranched alkanes of at least 4 members (excludes halogenated alkanes) is 1. The quantitative estimate of drug-likeness (QED) is 0.439. The van der Waals surface area contributed by atoms with Crippen molar-refractivity contribution in [2.75, 3.05) is 6.61 Å². The summed E-state index contributed by atoms with van der Waals surface area (Å²) in [6, 6.07) is 0. The molecule has 0 atom stereocenters. The molecular weight excluding hydrogens is 236 g/mol. The zero-order chi connectivity index (χ0) is 12.8. The zero-order valence-corrected chi connectivity index (χ0v) is 11.4. The summed E-state index contributed by atoms with van der Waals surface area (Å²) in [5.74, 6) is 1.56. The molecule has 0 saturated heterocycles. The van der Waals surface area contributed by atoms with E-state index in [4.69, 9.17) is 16.3 Å². The Hall–Kier alpha value is -1.09. The Morgan fingerprint density at radius 2 is 2.12 bits per heavy atom. The molecule has 0 amide bonds. The van der Waals surface area contributed by atoms with E-state index in [1.807, 2.05) is 26.8 Å². The largest absolute Gasteiger partial charge is 0.477 e. The van der Waals surface area contributed by atoms with E-state index in [2.05, 4.69) is 16.5 Å². The van der Waals surface area contributed by atoms with Crippen LogP contribution in [0.15, 0.2) is 12.7 Å². The molecule has 4 heteroatoms. The first-order valence-corrected chi connectivity index (χ1v) is 6.21. The fourth-order valence-corrected chi connectivity index (χ4v) is 1.45. The van der Waals surface area contributed by atoms with Gasteiger partial charge in [-0.15, -0.1) is 6.58 Å². The molecule has 1 rings (SSSR count). The second kappa shape index (κ2) is 6.60. The molecule has 0 fully saturated rings. The highest BCUT2D eigenvalue weighted by atomic mass is 35.5. The smallest absolute Gasteiger partial charge is 0.221 e. The van der Waals surface area contributed by atoms with Crippen LogP contribution in [0.1, 0.15) is 44.0 Å². The lowest BCUT2D eigenvalue weighted by atomic mass is 10.2. The van der Waals surface area contributed by atoms with Crippen molar-refractivity contribution >= 4 is 11.6 Å². The number of hydrogen-bond donors (Lipinski definition) is 0. The number of aromatic nitrogens is 2. The van der Waals surface area contributed by atoms with Gasteiger partial charge in [0.25, 0.3) is 0 Å². The van der Waals surface area contributed by atoms with Gasteiger partial charge >= 0.3 is 0 Å². The Morgan fingerprint density at radius 1 is 1.41 bits per heavy atom. The van der Waals surface area contributed by atoms with Crippen molar-refractivity contribution in [2.45, 2.75) is 39.5 Å². The van der Waals surface area contributed by atoms with Crippen molar-refractivity contribution in [3.8, 4) is 5.88 Å². The number of allylic oxidation sites excluding steroid dienone is 1. The van der Waals surface area contributed by atoms with Gasteiger partial charge in [0.15, 0.2) is 0 Å². The maximum atomic E-state index is 6.06. The Bertz CT molecular complexity index is 391. The second-order valence-corrected chi connectivity index (χ2v) is 4.59. The Labute approximate surface area is 108 Å². The Balaban J connectivity index is 2.78. The van der Waals surface area contributed by atoms with Crippen LogP contribution in [0.2, 0.25) is 5.15 Å². The maximum absolute atomic E-state index is 6.06. The number of rotatable bonds is 6. The van der Waals surface area contributed by atoms with Gasteiger partial charge in [0.1, 0.15) is 11.0 Å². The SMILES string of the molecule is C=CCCCOc1nc(C(C)C)nc(Cl)c1C. The highest BCUT2D eigenvalue weighted by Gasteiger charge is 2.12. The van der Waals surface area contributed by atoms with Crippen LogP contribution in [0.3, 0.4) is 0 Å². The van der Waals surface area contributed by atoms with Crippen LogP contribution >= 0.6 is 11.6 Å². The number of halogens is 1. The van der Waals surface area contributed by atoms with E-state index in [1.54, 1.807) is 0 Å². The summed E-state index contributed by atoms with van der Waals surface area (Å²) in [5, 5.41) is 0.474. The lowest BCUT2D eigenvalue weighted by molar-refractivity contribution is 0.296. The molecule has 0 unspecified atom stereocenters. The normalized spacial score (nSPS) is 10.6. The molecule has 0 saturated carbocycles. The van der Waals surface area contributed by atoms with E-state index in [9.17, 15) is 0 Å². The van der Waals surface area contributed by atoms with E-state index >= 15 is 0 Å². The van der Waals surface area contributed by atoms with Crippen LogP contribution in [0.4, 0.5) is 0 Å². The van der Waals surface area contributed by atoms with E-state index in [1.165, 1.54) is 0 Å². The van der Waals surface area contributed by atoms with E-state index in [0.717, 1.165) is 24.2 Å². The van der Waals surface area contributed by atoms with Crippen LogP contribution in [0, 0.1) is 6.92 Å². The monoisotopic (exact) mass is 254 g/mol. The average Bonchev–Trinajstić information content (AvgIpc) is 2.29. The van der Waals surface area contributed by atoms with Gasteiger partial charge in [-0.1, -0.05) is 31.5 Å². The first-order chi connectivity index (χ1) is 8.06. The average molecular weight is 255 g/mol. The first kappa shape index (κ1) is 14.0. The third-order valence-corrected chi connectivity index (χ3v) is 2.73. The molecule has 0 bridgehead atoms. The fraction of sp³-hybridized carbons (Fsp3) is 0.538. The van der Waals surface area contributed by atoms with Gasteiger partial charge in [0, 0.05) is 11.5 Å². The fourth-order valence-electron chi connectivity index (χ4n) is 1.28.